The van der Waals surface area contributed by atoms with Gasteiger partial charge in [0.15, 0.2) is 0 Å². The average Bonchev–Trinajstić information content (AvgIpc) is 2.44. The van der Waals surface area contributed by atoms with Crippen LogP contribution >= 0.6 is 0 Å². The molecule has 19 heavy (non-hydrogen) atoms. The van der Waals surface area contributed by atoms with Gasteiger partial charge in [0.25, 0.3) is 0 Å². The Morgan fingerprint density at radius 2 is 2.11 bits per heavy atom. The lowest BCUT2D eigenvalue weighted by Gasteiger charge is -2.34. The lowest BCUT2D eigenvalue weighted by atomic mass is 9.79. The zero-order chi connectivity index (χ0) is 14.6. The number of hydrogen-bond donors (Lipinski definition) is 1. The number of rotatable bonds is 5. The normalized spacial score (nSPS) is 15.5. The molecule has 0 heterocycles. The first-order valence-corrected chi connectivity index (χ1v) is 6.44. The molecular weight excluding hydrogens is 242 g/mol. The van der Waals surface area contributed by atoms with Crippen LogP contribution in [0.25, 0.3) is 0 Å². The summed E-state index contributed by atoms with van der Waals surface area (Å²) >= 11 is 0. The second-order valence-corrected chi connectivity index (χ2v) is 4.96. The molecule has 0 spiro atoms. The van der Waals surface area contributed by atoms with E-state index in [0.717, 1.165) is 0 Å². The Morgan fingerprint density at radius 3 is 2.58 bits per heavy atom. The van der Waals surface area contributed by atoms with Crippen LogP contribution in [0.3, 0.4) is 0 Å². The predicted octanol–water partition coefficient (Wildman–Crippen LogP) is 2.02. The summed E-state index contributed by atoms with van der Waals surface area (Å²) in [7, 11) is 4.97. The van der Waals surface area contributed by atoms with Crippen molar-refractivity contribution in [2.24, 2.45) is 5.92 Å². The Balaban J connectivity index is 3.18. The van der Waals surface area contributed by atoms with E-state index in [2.05, 4.69) is 0 Å². The van der Waals surface area contributed by atoms with Gasteiger partial charge in [-0.05, 0) is 24.1 Å². The standard InChI is InChI=1S/C15H23NO3/c1-6-15(18,11(2)14(17)16(3)4)12-8-7-9-13(10-12)19-5/h7-11,18H,6H2,1-5H3/t11-,15+/m0/s1. The maximum absolute atomic E-state index is 12.1. The number of amides is 1. The first-order chi connectivity index (χ1) is 8.86. The maximum Gasteiger partial charge on any atom is 0.228 e. The molecule has 0 aromatic heterocycles. The van der Waals surface area contributed by atoms with Gasteiger partial charge in [-0.1, -0.05) is 26.0 Å². The summed E-state index contributed by atoms with van der Waals surface area (Å²) in [6.07, 6.45) is 0.459. The molecule has 0 bridgehead atoms. The van der Waals surface area contributed by atoms with E-state index < -0.39 is 11.5 Å². The molecule has 1 amide bonds. The molecule has 1 rings (SSSR count). The van der Waals surface area contributed by atoms with Gasteiger partial charge in [0, 0.05) is 14.1 Å². The minimum absolute atomic E-state index is 0.0906. The second kappa shape index (κ2) is 6.06. The molecular formula is C15H23NO3. The quantitative estimate of drug-likeness (QED) is 0.886. The Labute approximate surface area is 115 Å². The molecule has 1 aromatic carbocycles. The summed E-state index contributed by atoms with van der Waals surface area (Å²) in [5.74, 6) is 0.0700. The molecule has 0 aliphatic rings. The molecule has 0 radical (unpaired) electrons. The third kappa shape index (κ3) is 3.07. The van der Waals surface area contributed by atoms with Crippen LogP contribution in [0, 0.1) is 5.92 Å². The predicted molar refractivity (Wildman–Crippen MR) is 75.0 cm³/mol. The number of benzene rings is 1. The molecule has 0 aliphatic carbocycles. The van der Waals surface area contributed by atoms with Gasteiger partial charge >= 0.3 is 0 Å². The van der Waals surface area contributed by atoms with Crippen molar-refractivity contribution in [3.8, 4) is 5.75 Å². The first kappa shape index (κ1) is 15.5. The highest BCUT2D eigenvalue weighted by molar-refractivity contribution is 5.79. The summed E-state index contributed by atoms with van der Waals surface area (Å²) in [6.45, 7) is 3.63. The zero-order valence-corrected chi connectivity index (χ0v) is 12.3. The van der Waals surface area contributed by atoms with Crippen LogP contribution in [0.5, 0.6) is 5.75 Å². The Morgan fingerprint density at radius 1 is 1.47 bits per heavy atom. The van der Waals surface area contributed by atoms with Crippen molar-refractivity contribution in [2.75, 3.05) is 21.2 Å². The Kier molecular flexibility index (Phi) is 4.95. The lowest BCUT2D eigenvalue weighted by molar-refractivity contribution is -0.143. The molecule has 1 aromatic rings. The molecule has 4 nitrogen and oxygen atoms in total. The third-order valence-electron chi connectivity index (χ3n) is 3.64. The van der Waals surface area contributed by atoms with Crippen molar-refractivity contribution in [1.82, 2.24) is 4.90 Å². The highest BCUT2D eigenvalue weighted by Crippen LogP contribution is 2.35. The van der Waals surface area contributed by atoms with Gasteiger partial charge in [0.1, 0.15) is 11.4 Å². The van der Waals surface area contributed by atoms with Gasteiger partial charge in [0.2, 0.25) is 5.91 Å². The monoisotopic (exact) mass is 265 g/mol. The van der Waals surface area contributed by atoms with E-state index >= 15 is 0 Å². The molecule has 0 unspecified atom stereocenters. The zero-order valence-electron chi connectivity index (χ0n) is 12.3. The van der Waals surface area contributed by atoms with Gasteiger partial charge in [-0.25, -0.2) is 0 Å². The van der Waals surface area contributed by atoms with Gasteiger partial charge < -0.3 is 14.7 Å². The largest absolute Gasteiger partial charge is 0.497 e. The Hall–Kier alpha value is -1.55. The second-order valence-electron chi connectivity index (χ2n) is 4.96. The maximum atomic E-state index is 12.1. The van der Waals surface area contributed by atoms with Crippen LogP contribution in [-0.2, 0) is 10.4 Å². The molecule has 1 N–H and O–H groups in total. The van der Waals surface area contributed by atoms with Gasteiger partial charge in [-0.15, -0.1) is 0 Å². The van der Waals surface area contributed by atoms with E-state index in [1.165, 1.54) is 4.90 Å². The number of carbonyl (C=O) groups is 1. The van der Waals surface area contributed by atoms with E-state index in [1.807, 2.05) is 25.1 Å². The van der Waals surface area contributed by atoms with Crippen molar-refractivity contribution in [3.05, 3.63) is 29.8 Å². The van der Waals surface area contributed by atoms with Crippen molar-refractivity contribution in [2.45, 2.75) is 25.9 Å². The fourth-order valence-corrected chi connectivity index (χ4v) is 2.24. The molecule has 0 saturated carbocycles. The van der Waals surface area contributed by atoms with Crippen molar-refractivity contribution in [1.29, 1.82) is 0 Å². The molecule has 106 valence electrons. The van der Waals surface area contributed by atoms with E-state index in [4.69, 9.17) is 4.74 Å². The Bertz CT molecular complexity index is 445. The number of nitrogens with zero attached hydrogens (tertiary/aromatic N) is 1. The number of ether oxygens (including phenoxy) is 1. The minimum atomic E-state index is -1.18. The van der Waals surface area contributed by atoms with Gasteiger partial charge in [-0.3, -0.25) is 4.79 Å². The summed E-state index contributed by atoms with van der Waals surface area (Å²) in [4.78, 5) is 13.6. The molecule has 4 heteroatoms. The fraction of sp³-hybridized carbons (Fsp3) is 0.533. The SMILES string of the molecule is CC[C@](O)(c1cccc(OC)c1)[C@@H](C)C(=O)N(C)C. The molecule has 0 fully saturated rings. The number of aliphatic hydroxyl groups is 1. The smallest absolute Gasteiger partial charge is 0.228 e. The number of carbonyl (C=O) groups excluding carboxylic acids is 1. The summed E-state index contributed by atoms with van der Waals surface area (Å²) < 4.78 is 5.18. The van der Waals surface area contributed by atoms with Crippen molar-refractivity contribution in [3.63, 3.8) is 0 Å². The topological polar surface area (TPSA) is 49.8 Å². The van der Waals surface area contributed by atoms with Crippen LogP contribution in [0.15, 0.2) is 24.3 Å². The fourth-order valence-electron chi connectivity index (χ4n) is 2.24. The van der Waals surface area contributed by atoms with E-state index in [1.54, 1.807) is 34.2 Å². The van der Waals surface area contributed by atoms with Gasteiger partial charge in [-0.2, -0.15) is 0 Å². The highest BCUT2D eigenvalue weighted by atomic mass is 16.5. The molecule has 2 atom stereocenters. The third-order valence-corrected chi connectivity index (χ3v) is 3.64. The number of hydrogen-bond acceptors (Lipinski definition) is 3. The van der Waals surface area contributed by atoms with E-state index in [-0.39, 0.29) is 5.91 Å². The summed E-state index contributed by atoms with van der Waals surface area (Å²) in [5, 5.41) is 10.9. The molecule has 0 saturated heterocycles. The summed E-state index contributed by atoms with van der Waals surface area (Å²) in [6, 6.07) is 7.24. The van der Waals surface area contributed by atoms with Crippen LogP contribution < -0.4 is 4.74 Å². The van der Waals surface area contributed by atoms with E-state index in [0.29, 0.717) is 17.7 Å². The minimum Gasteiger partial charge on any atom is -0.497 e. The van der Waals surface area contributed by atoms with Crippen molar-refractivity contribution < 1.29 is 14.6 Å². The number of methoxy groups -OCH3 is 1. The van der Waals surface area contributed by atoms with E-state index in [9.17, 15) is 9.90 Å². The van der Waals surface area contributed by atoms with Crippen molar-refractivity contribution >= 4 is 5.91 Å². The van der Waals surface area contributed by atoms with Crippen LogP contribution in [0.4, 0.5) is 0 Å². The average molecular weight is 265 g/mol. The van der Waals surface area contributed by atoms with Gasteiger partial charge in [0.05, 0.1) is 13.0 Å². The summed E-state index contributed by atoms with van der Waals surface area (Å²) in [5.41, 5.74) is -0.479. The lowest BCUT2D eigenvalue weighted by Crippen LogP contribution is -2.42. The molecule has 0 aliphatic heterocycles. The van der Waals surface area contributed by atoms with Crippen LogP contribution in [-0.4, -0.2) is 37.1 Å². The first-order valence-electron chi connectivity index (χ1n) is 6.44. The highest BCUT2D eigenvalue weighted by Gasteiger charge is 2.39. The van der Waals surface area contributed by atoms with Crippen LogP contribution in [0.2, 0.25) is 0 Å². The van der Waals surface area contributed by atoms with Crippen LogP contribution in [0.1, 0.15) is 25.8 Å².